The molecule has 9 nitrogen and oxygen atoms in total. The molecule has 0 aromatic heterocycles. The average Bonchev–Trinajstić information content (AvgIpc) is 3.23. The van der Waals surface area contributed by atoms with E-state index < -0.39 is 11.9 Å². The van der Waals surface area contributed by atoms with Gasteiger partial charge in [0.1, 0.15) is 6.04 Å². The summed E-state index contributed by atoms with van der Waals surface area (Å²) in [7, 11) is 2.02. The van der Waals surface area contributed by atoms with E-state index in [0.717, 1.165) is 23.4 Å². The van der Waals surface area contributed by atoms with E-state index >= 15 is 0 Å². The number of nitrogens with zero attached hydrogens (tertiary/aromatic N) is 2. The highest BCUT2D eigenvalue weighted by molar-refractivity contribution is 6.05. The van der Waals surface area contributed by atoms with Crippen LogP contribution < -0.4 is 20.9 Å². The number of carbonyl (C=O) groups excluding carboxylic acids is 4. The van der Waals surface area contributed by atoms with Crippen LogP contribution in [-0.2, 0) is 29.2 Å². The van der Waals surface area contributed by atoms with E-state index in [0.29, 0.717) is 24.2 Å². The first-order valence-electron chi connectivity index (χ1n) is 12.5. The summed E-state index contributed by atoms with van der Waals surface area (Å²) in [6.07, 6.45) is 0.539. The second-order valence-electron chi connectivity index (χ2n) is 9.59. The SMILES string of the molecule is CN(Cc1ccccc1)c1ccc(NC(=O)NCc2ccc3c(c2)CN(C2CCC(=O)NC2=O)C3=O)cc1. The molecule has 2 aliphatic heterocycles. The molecule has 1 fully saturated rings. The Hall–Kier alpha value is -4.66. The zero-order valence-electron chi connectivity index (χ0n) is 21.1. The molecule has 5 rings (SSSR count). The molecule has 1 saturated heterocycles. The van der Waals surface area contributed by atoms with Gasteiger partial charge in [-0.15, -0.1) is 0 Å². The highest BCUT2D eigenvalue weighted by atomic mass is 16.2. The number of nitrogens with one attached hydrogen (secondary N) is 3. The summed E-state index contributed by atoms with van der Waals surface area (Å²) in [6.45, 7) is 1.36. The first-order valence-corrected chi connectivity index (χ1v) is 12.5. The van der Waals surface area contributed by atoms with Crippen LogP contribution in [0.1, 0.15) is 39.9 Å². The Morgan fingerprint density at radius 2 is 1.76 bits per heavy atom. The van der Waals surface area contributed by atoms with Crippen LogP contribution >= 0.6 is 0 Å². The predicted molar refractivity (Wildman–Crippen MR) is 143 cm³/mol. The zero-order valence-corrected chi connectivity index (χ0v) is 21.1. The summed E-state index contributed by atoms with van der Waals surface area (Å²) < 4.78 is 0. The highest BCUT2D eigenvalue weighted by Gasteiger charge is 2.39. The lowest BCUT2D eigenvalue weighted by Gasteiger charge is -2.29. The molecule has 194 valence electrons. The normalized spacial score (nSPS) is 16.6. The van der Waals surface area contributed by atoms with Gasteiger partial charge in [-0.1, -0.05) is 42.5 Å². The second-order valence-corrected chi connectivity index (χ2v) is 9.59. The number of benzene rings is 3. The van der Waals surface area contributed by atoms with Crippen molar-refractivity contribution in [3.05, 3.63) is 95.1 Å². The minimum Gasteiger partial charge on any atom is -0.370 e. The quantitative estimate of drug-likeness (QED) is 0.421. The molecule has 1 unspecified atom stereocenters. The van der Waals surface area contributed by atoms with Crippen LogP contribution in [0.5, 0.6) is 0 Å². The van der Waals surface area contributed by atoms with Gasteiger partial charge in [0, 0.05) is 50.0 Å². The first-order chi connectivity index (χ1) is 18.4. The summed E-state index contributed by atoms with van der Waals surface area (Å²) >= 11 is 0. The highest BCUT2D eigenvalue weighted by Crippen LogP contribution is 2.28. The van der Waals surface area contributed by atoms with E-state index in [2.05, 4.69) is 33.0 Å². The van der Waals surface area contributed by atoms with E-state index in [-0.39, 0.29) is 30.8 Å². The number of rotatable bonds is 7. The Morgan fingerprint density at radius 3 is 2.50 bits per heavy atom. The molecular weight excluding hydrogens is 482 g/mol. The predicted octanol–water partition coefficient (Wildman–Crippen LogP) is 3.41. The van der Waals surface area contributed by atoms with Crippen molar-refractivity contribution in [2.24, 2.45) is 0 Å². The van der Waals surface area contributed by atoms with E-state index in [9.17, 15) is 19.2 Å². The van der Waals surface area contributed by atoms with E-state index in [1.165, 1.54) is 10.5 Å². The number of piperidine rings is 1. The largest absolute Gasteiger partial charge is 0.370 e. The Bertz CT molecular complexity index is 1370. The first kappa shape index (κ1) is 25.0. The monoisotopic (exact) mass is 511 g/mol. The Balaban J connectivity index is 1.13. The Kier molecular flexibility index (Phi) is 7.08. The maximum absolute atomic E-state index is 12.8. The maximum Gasteiger partial charge on any atom is 0.319 e. The molecular formula is C29H29N5O4. The molecule has 1 atom stereocenters. The van der Waals surface area contributed by atoms with Gasteiger partial charge in [-0.2, -0.15) is 0 Å². The maximum atomic E-state index is 12.8. The topological polar surface area (TPSA) is 111 Å². The van der Waals surface area contributed by atoms with Gasteiger partial charge in [0.2, 0.25) is 11.8 Å². The van der Waals surface area contributed by atoms with Crippen molar-refractivity contribution in [3.63, 3.8) is 0 Å². The fraction of sp³-hybridized carbons (Fsp3) is 0.241. The molecule has 9 heteroatoms. The van der Waals surface area contributed by atoms with E-state index in [1.54, 1.807) is 12.1 Å². The molecule has 3 N–H and O–H groups in total. The number of anilines is 2. The average molecular weight is 512 g/mol. The minimum atomic E-state index is -0.649. The molecule has 2 aliphatic rings. The van der Waals surface area contributed by atoms with Crippen molar-refractivity contribution in [2.45, 2.75) is 38.5 Å². The Morgan fingerprint density at radius 1 is 1.00 bits per heavy atom. The number of urea groups is 1. The zero-order chi connectivity index (χ0) is 26.6. The van der Waals surface area contributed by atoms with Crippen LogP contribution in [0.4, 0.5) is 16.2 Å². The fourth-order valence-corrected chi connectivity index (χ4v) is 4.84. The van der Waals surface area contributed by atoms with E-state index in [1.807, 2.05) is 55.6 Å². The van der Waals surface area contributed by atoms with Crippen molar-refractivity contribution < 1.29 is 19.2 Å². The van der Waals surface area contributed by atoms with Gasteiger partial charge in [-0.3, -0.25) is 19.7 Å². The van der Waals surface area contributed by atoms with Gasteiger partial charge in [0.15, 0.2) is 0 Å². The molecule has 0 saturated carbocycles. The van der Waals surface area contributed by atoms with Gasteiger partial charge in [-0.05, 0) is 53.4 Å². The summed E-state index contributed by atoms with van der Waals surface area (Å²) in [4.78, 5) is 52.6. The number of imide groups is 1. The summed E-state index contributed by atoms with van der Waals surface area (Å²) in [5.41, 5.74) is 5.12. The molecule has 5 amide bonds. The van der Waals surface area contributed by atoms with Crippen LogP contribution in [0.3, 0.4) is 0 Å². The number of carbonyl (C=O) groups is 4. The molecule has 38 heavy (non-hydrogen) atoms. The van der Waals surface area contributed by atoms with Crippen molar-refractivity contribution in [1.82, 2.24) is 15.5 Å². The third-order valence-electron chi connectivity index (χ3n) is 6.87. The number of hydrogen-bond donors (Lipinski definition) is 3. The number of hydrogen-bond acceptors (Lipinski definition) is 5. The molecule has 0 radical (unpaired) electrons. The van der Waals surface area contributed by atoms with Crippen LogP contribution in [0.25, 0.3) is 0 Å². The minimum absolute atomic E-state index is 0.216. The summed E-state index contributed by atoms with van der Waals surface area (Å²) in [5, 5.41) is 8.00. The molecule has 0 bridgehead atoms. The fourth-order valence-electron chi connectivity index (χ4n) is 4.84. The lowest BCUT2D eigenvalue weighted by atomic mass is 10.0. The standard InChI is InChI=1S/C29H29N5O4/c1-33(17-19-5-3-2-4-6-19)23-10-8-22(9-11-23)31-29(38)30-16-20-7-12-24-21(15-20)18-34(28(24)37)25-13-14-26(35)32-27(25)36/h2-12,15,25H,13-14,16-18H2,1H3,(H2,30,31,38)(H,32,35,36). The van der Waals surface area contributed by atoms with Gasteiger partial charge < -0.3 is 20.4 Å². The lowest BCUT2D eigenvalue weighted by molar-refractivity contribution is -0.136. The Labute approximate surface area is 220 Å². The van der Waals surface area contributed by atoms with E-state index in [4.69, 9.17) is 0 Å². The lowest BCUT2D eigenvalue weighted by Crippen LogP contribution is -2.52. The summed E-state index contributed by atoms with van der Waals surface area (Å²) in [5.74, 6) is -0.963. The van der Waals surface area contributed by atoms with Crippen molar-refractivity contribution in [3.8, 4) is 0 Å². The van der Waals surface area contributed by atoms with Crippen LogP contribution in [0.15, 0.2) is 72.8 Å². The number of fused-ring (bicyclic) bond motifs is 1. The third-order valence-corrected chi connectivity index (χ3v) is 6.87. The van der Waals surface area contributed by atoms with Gasteiger partial charge in [0.25, 0.3) is 5.91 Å². The second kappa shape index (κ2) is 10.8. The molecule has 0 spiro atoms. The van der Waals surface area contributed by atoms with Crippen molar-refractivity contribution in [2.75, 3.05) is 17.3 Å². The number of amides is 5. The van der Waals surface area contributed by atoms with Crippen LogP contribution in [0.2, 0.25) is 0 Å². The molecule has 3 aromatic carbocycles. The van der Waals surface area contributed by atoms with Crippen LogP contribution in [-0.4, -0.2) is 41.7 Å². The molecule has 0 aliphatic carbocycles. The van der Waals surface area contributed by atoms with Gasteiger partial charge >= 0.3 is 6.03 Å². The molecule has 2 heterocycles. The van der Waals surface area contributed by atoms with Gasteiger partial charge in [0.05, 0.1) is 0 Å². The summed E-state index contributed by atoms with van der Waals surface area (Å²) in [6, 6.07) is 22.3. The van der Waals surface area contributed by atoms with Crippen molar-refractivity contribution in [1.29, 1.82) is 0 Å². The molecule has 3 aromatic rings. The third kappa shape index (κ3) is 5.51. The van der Waals surface area contributed by atoms with Gasteiger partial charge in [-0.25, -0.2) is 4.79 Å². The van der Waals surface area contributed by atoms with Crippen LogP contribution in [0, 0.1) is 0 Å². The smallest absolute Gasteiger partial charge is 0.319 e. The van der Waals surface area contributed by atoms with Crippen molar-refractivity contribution >= 4 is 35.1 Å².